The molecule has 0 aromatic heterocycles. The number of fused-ring (bicyclic) bond motifs is 1. The van der Waals surface area contributed by atoms with Gasteiger partial charge in [0.05, 0.1) is 6.61 Å². The first kappa shape index (κ1) is 12.9. The number of hydrogen-bond acceptors (Lipinski definition) is 2. The first-order valence-electron chi connectivity index (χ1n) is 7.43. The van der Waals surface area contributed by atoms with Gasteiger partial charge in [-0.15, -0.1) is 0 Å². The number of piperidine rings is 1. The molecule has 102 valence electrons. The van der Waals surface area contributed by atoms with E-state index in [0.29, 0.717) is 5.92 Å². The number of nitrogens with zero attached hydrogens (tertiary/aromatic N) is 1. The van der Waals surface area contributed by atoms with Crippen molar-refractivity contribution in [2.75, 3.05) is 19.7 Å². The molecule has 0 unspecified atom stereocenters. The molecule has 1 fully saturated rings. The maximum atomic E-state index is 9.45. The van der Waals surface area contributed by atoms with E-state index in [1.807, 2.05) is 0 Å². The molecule has 2 heteroatoms. The lowest BCUT2D eigenvalue weighted by atomic mass is 9.74. The Labute approximate surface area is 115 Å². The molecule has 1 aliphatic carbocycles. The van der Waals surface area contributed by atoms with Crippen LogP contribution in [-0.4, -0.2) is 29.7 Å². The second kappa shape index (κ2) is 5.89. The highest BCUT2D eigenvalue weighted by Gasteiger charge is 2.32. The fraction of sp³-hybridized carbons (Fsp3) is 0.529. The summed E-state index contributed by atoms with van der Waals surface area (Å²) in [7, 11) is 0. The number of benzene rings is 1. The van der Waals surface area contributed by atoms with Crippen LogP contribution in [0, 0.1) is 11.8 Å². The quantitative estimate of drug-likeness (QED) is 0.842. The van der Waals surface area contributed by atoms with Gasteiger partial charge in [0.25, 0.3) is 0 Å². The summed E-state index contributed by atoms with van der Waals surface area (Å²) in [6.07, 6.45) is 5.92. The summed E-state index contributed by atoms with van der Waals surface area (Å²) in [5.74, 6) is 1.40. The molecule has 2 nitrogen and oxygen atoms in total. The van der Waals surface area contributed by atoms with Gasteiger partial charge in [-0.25, -0.2) is 0 Å². The van der Waals surface area contributed by atoms with Gasteiger partial charge in [-0.1, -0.05) is 36.4 Å². The molecule has 2 aliphatic rings. The fourth-order valence-electron chi connectivity index (χ4n) is 3.69. The van der Waals surface area contributed by atoms with Gasteiger partial charge in [0.1, 0.15) is 0 Å². The minimum Gasteiger partial charge on any atom is -0.392 e. The summed E-state index contributed by atoms with van der Waals surface area (Å²) in [5, 5.41) is 9.45. The molecular weight excluding hydrogens is 234 g/mol. The number of aliphatic hydroxyl groups excluding tert-OH is 1. The zero-order chi connectivity index (χ0) is 13.1. The second-order valence-corrected chi connectivity index (χ2v) is 5.89. The third-order valence-electron chi connectivity index (χ3n) is 4.67. The van der Waals surface area contributed by atoms with Crippen LogP contribution in [0.5, 0.6) is 0 Å². The van der Waals surface area contributed by atoms with Crippen LogP contribution in [0.2, 0.25) is 0 Å². The van der Waals surface area contributed by atoms with Crippen molar-refractivity contribution in [2.45, 2.75) is 25.8 Å². The molecule has 2 atom stereocenters. The normalized spacial score (nSPS) is 27.7. The zero-order valence-electron chi connectivity index (χ0n) is 11.5. The van der Waals surface area contributed by atoms with E-state index in [0.717, 1.165) is 25.4 Å². The monoisotopic (exact) mass is 257 g/mol. The number of rotatable bonds is 3. The van der Waals surface area contributed by atoms with E-state index in [4.69, 9.17) is 0 Å². The van der Waals surface area contributed by atoms with Crippen LogP contribution in [-0.2, 0) is 6.54 Å². The Bertz CT molecular complexity index is 440. The van der Waals surface area contributed by atoms with Crippen molar-refractivity contribution < 1.29 is 5.11 Å². The molecule has 1 aliphatic heterocycles. The number of aliphatic hydroxyl groups is 1. The van der Waals surface area contributed by atoms with Crippen molar-refractivity contribution >= 4 is 0 Å². The van der Waals surface area contributed by atoms with Crippen LogP contribution in [0.25, 0.3) is 0 Å². The van der Waals surface area contributed by atoms with Crippen LogP contribution in [0.1, 0.15) is 24.8 Å². The third kappa shape index (κ3) is 2.90. The maximum Gasteiger partial charge on any atom is 0.0644 e. The van der Waals surface area contributed by atoms with E-state index in [2.05, 4.69) is 41.3 Å². The van der Waals surface area contributed by atoms with E-state index < -0.39 is 0 Å². The summed E-state index contributed by atoms with van der Waals surface area (Å²) in [4.78, 5) is 2.58. The molecule has 1 saturated heterocycles. The maximum absolute atomic E-state index is 9.45. The van der Waals surface area contributed by atoms with E-state index in [1.165, 1.54) is 30.5 Å². The van der Waals surface area contributed by atoms with Crippen molar-refractivity contribution in [3.63, 3.8) is 0 Å². The predicted octanol–water partition coefficient (Wildman–Crippen LogP) is 2.84. The Morgan fingerprint density at radius 3 is 2.79 bits per heavy atom. The summed E-state index contributed by atoms with van der Waals surface area (Å²) >= 11 is 0. The highest BCUT2D eigenvalue weighted by Crippen LogP contribution is 2.36. The lowest BCUT2D eigenvalue weighted by Gasteiger charge is -2.41. The fourth-order valence-corrected chi connectivity index (χ4v) is 3.69. The van der Waals surface area contributed by atoms with Crippen LogP contribution < -0.4 is 0 Å². The summed E-state index contributed by atoms with van der Waals surface area (Å²) in [6, 6.07) is 10.7. The van der Waals surface area contributed by atoms with Crippen molar-refractivity contribution in [1.29, 1.82) is 0 Å². The molecule has 0 spiro atoms. The molecule has 1 aromatic carbocycles. The van der Waals surface area contributed by atoms with Crippen molar-refractivity contribution in [2.24, 2.45) is 11.8 Å². The Hall–Kier alpha value is -1.12. The third-order valence-corrected chi connectivity index (χ3v) is 4.67. The van der Waals surface area contributed by atoms with Gasteiger partial charge < -0.3 is 5.11 Å². The van der Waals surface area contributed by atoms with Crippen LogP contribution in [0.3, 0.4) is 0 Å². The first-order valence-corrected chi connectivity index (χ1v) is 7.43. The summed E-state index contributed by atoms with van der Waals surface area (Å²) in [5.41, 5.74) is 2.71. The van der Waals surface area contributed by atoms with Gasteiger partial charge in [-0.2, -0.15) is 0 Å². The number of likely N-dealkylation sites (tertiary alicyclic amines) is 1. The Morgan fingerprint density at radius 2 is 2.00 bits per heavy atom. The van der Waals surface area contributed by atoms with Gasteiger partial charge in [0.2, 0.25) is 0 Å². The molecule has 0 amide bonds. The van der Waals surface area contributed by atoms with Crippen molar-refractivity contribution in [3.8, 4) is 0 Å². The van der Waals surface area contributed by atoms with E-state index in [-0.39, 0.29) is 6.61 Å². The highest BCUT2D eigenvalue weighted by atomic mass is 16.3. The number of hydrogen-bond donors (Lipinski definition) is 1. The van der Waals surface area contributed by atoms with Gasteiger partial charge in [0.15, 0.2) is 0 Å². The molecule has 0 bridgehead atoms. The Balaban J connectivity index is 1.63. The highest BCUT2D eigenvalue weighted by molar-refractivity contribution is 5.16. The molecule has 0 saturated carbocycles. The van der Waals surface area contributed by atoms with E-state index in [1.54, 1.807) is 0 Å². The molecular formula is C17H23NO. The summed E-state index contributed by atoms with van der Waals surface area (Å²) in [6.45, 7) is 3.69. The summed E-state index contributed by atoms with van der Waals surface area (Å²) < 4.78 is 0. The van der Waals surface area contributed by atoms with Gasteiger partial charge in [-0.3, -0.25) is 4.90 Å². The van der Waals surface area contributed by atoms with Crippen molar-refractivity contribution in [1.82, 2.24) is 4.90 Å². The van der Waals surface area contributed by atoms with Gasteiger partial charge >= 0.3 is 0 Å². The van der Waals surface area contributed by atoms with Crippen LogP contribution in [0.4, 0.5) is 0 Å². The van der Waals surface area contributed by atoms with Crippen LogP contribution >= 0.6 is 0 Å². The average Bonchev–Trinajstić information content (AvgIpc) is 2.47. The molecule has 1 N–H and O–H groups in total. The lowest BCUT2D eigenvalue weighted by Crippen LogP contribution is -2.42. The predicted molar refractivity (Wildman–Crippen MR) is 77.7 cm³/mol. The Morgan fingerprint density at radius 1 is 1.16 bits per heavy atom. The van der Waals surface area contributed by atoms with Gasteiger partial charge in [0, 0.05) is 13.1 Å². The van der Waals surface area contributed by atoms with Crippen LogP contribution in [0.15, 0.2) is 42.0 Å². The van der Waals surface area contributed by atoms with Gasteiger partial charge in [-0.05, 0) is 48.8 Å². The average molecular weight is 257 g/mol. The SMILES string of the molecule is OCC1=CCC[C@@H]2CN(Cc3ccccc3)CC[C@H]12. The van der Waals surface area contributed by atoms with Crippen molar-refractivity contribution in [3.05, 3.63) is 47.5 Å². The number of allylic oxidation sites excluding steroid dienone is 1. The molecule has 1 heterocycles. The van der Waals surface area contributed by atoms with E-state index >= 15 is 0 Å². The smallest absolute Gasteiger partial charge is 0.0644 e. The molecule has 19 heavy (non-hydrogen) atoms. The minimum absolute atomic E-state index is 0.264. The topological polar surface area (TPSA) is 23.5 Å². The Kier molecular flexibility index (Phi) is 4.00. The van der Waals surface area contributed by atoms with E-state index in [9.17, 15) is 5.11 Å². The largest absolute Gasteiger partial charge is 0.392 e. The molecule has 3 rings (SSSR count). The molecule has 0 radical (unpaired) electrons. The lowest BCUT2D eigenvalue weighted by molar-refractivity contribution is 0.111. The molecule has 1 aromatic rings. The second-order valence-electron chi connectivity index (χ2n) is 5.89. The first-order chi connectivity index (χ1) is 9.36. The standard InChI is InChI=1S/C17H23NO/c19-13-16-8-4-7-15-12-18(10-9-17(15)16)11-14-5-2-1-3-6-14/h1-3,5-6,8,15,17,19H,4,7,9-13H2/t15-,17+/m1/s1. The minimum atomic E-state index is 0.264. The zero-order valence-corrected chi connectivity index (χ0v) is 11.5.